The number of nitrogens with two attached hydrogens (primary N) is 1. The van der Waals surface area contributed by atoms with Gasteiger partial charge in [-0.15, -0.1) is 0 Å². The zero-order chi connectivity index (χ0) is 9.11. The molecule has 0 saturated heterocycles. The Kier molecular flexibility index (Phi) is 13.8. The number of hydrogen-bond donors (Lipinski definition) is 3. The van der Waals surface area contributed by atoms with Crippen molar-refractivity contribution >= 4 is 5.97 Å². The summed E-state index contributed by atoms with van der Waals surface area (Å²) in [5, 5.41) is 10.6. The summed E-state index contributed by atoms with van der Waals surface area (Å²) < 4.78 is 0. The first-order valence-corrected chi connectivity index (χ1v) is 3.39. The van der Waals surface area contributed by atoms with Gasteiger partial charge in [-0.2, -0.15) is 0 Å². The lowest BCUT2D eigenvalue weighted by Gasteiger charge is -1.90. The van der Waals surface area contributed by atoms with Gasteiger partial charge in [0, 0.05) is 6.08 Å². The van der Waals surface area contributed by atoms with E-state index in [2.05, 4.69) is 11.9 Å². The normalized spacial score (nSPS) is 7.82. The minimum absolute atomic E-state index is 0.792. The summed E-state index contributed by atoms with van der Waals surface area (Å²) in [5.41, 5.74) is 5.17. The maximum atomic E-state index is 9.25. The van der Waals surface area contributed by atoms with Crippen LogP contribution in [0.2, 0.25) is 0 Å². The molecule has 0 unspecified atom stereocenters. The Labute approximate surface area is 67.1 Å². The summed E-state index contributed by atoms with van der Waals surface area (Å²) in [7, 11) is 1.93. The maximum absolute atomic E-state index is 9.25. The minimum atomic E-state index is -0.981. The summed E-state index contributed by atoms with van der Waals surface area (Å²) in [6.07, 6.45) is 1.91. The lowest BCUT2D eigenvalue weighted by atomic mass is 10.4. The molecule has 4 nitrogen and oxygen atoms in total. The van der Waals surface area contributed by atoms with Gasteiger partial charge in [-0.3, -0.25) is 0 Å². The van der Waals surface area contributed by atoms with Crippen molar-refractivity contribution in [2.45, 2.75) is 6.42 Å². The minimum Gasteiger partial charge on any atom is -0.478 e. The summed E-state index contributed by atoms with van der Waals surface area (Å²) in [6.45, 7) is 4.79. The molecule has 0 bridgehead atoms. The lowest BCUT2D eigenvalue weighted by molar-refractivity contribution is -0.131. The van der Waals surface area contributed by atoms with Gasteiger partial charge in [0.25, 0.3) is 0 Å². The van der Waals surface area contributed by atoms with Gasteiger partial charge in [0.1, 0.15) is 0 Å². The van der Waals surface area contributed by atoms with Crippen LogP contribution in [0.4, 0.5) is 0 Å². The second-order valence-electron chi connectivity index (χ2n) is 1.79. The molecule has 0 atom stereocenters. The molecule has 0 radical (unpaired) electrons. The molecule has 0 rings (SSSR count). The molecule has 0 aromatic rings. The third kappa shape index (κ3) is 27.2. The molecule has 0 amide bonds. The van der Waals surface area contributed by atoms with Crippen LogP contribution < -0.4 is 11.1 Å². The summed E-state index contributed by atoms with van der Waals surface area (Å²) in [5.74, 6) is -0.981. The molecule has 4 N–H and O–H groups in total. The maximum Gasteiger partial charge on any atom is 0.327 e. The van der Waals surface area contributed by atoms with Crippen LogP contribution in [0.15, 0.2) is 12.7 Å². The van der Waals surface area contributed by atoms with E-state index in [1.54, 1.807) is 0 Å². The van der Waals surface area contributed by atoms with Crippen molar-refractivity contribution in [1.29, 1.82) is 0 Å². The fourth-order valence-electron chi connectivity index (χ4n) is 0.279. The van der Waals surface area contributed by atoms with Crippen LogP contribution in [0.25, 0.3) is 0 Å². The number of aliphatic carboxylic acids is 1. The number of carboxylic acids is 1. The van der Waals surface area contributed by atoms with Crippen LogP contribution in [0.5, 0.6) is 0 Å². The van der Waals surface area contributed by atoms with Gasteiger partial charge >= 0.3 is 5.97 Å². The monoisotopic (exact) mass is 160 g/mol. The summed E-state index contributed by atoms with van der Waals surface area (Å²) >= 11 is 0. The molecule has 0 heterocycles. The van der Waals surface area contributed by atoms with Crippen molar-refractivity contribution in [3.05, 3.63) is 12.7 Å². The molecule has 0 aromatic heterocycles. The standard InChI is InChI=1S/C4H12N2.C3H4O2/c1-6-4-2-3-5;1-2-3(4)5/h6H,2-5H2,1H3;2H,1H2,(H,4,5). The van der Waals surface area contributed by atoms with Crippen molar-refractivity contribution in [3.8, 4) is 0 Å². The molecule has 66 valence electrons. The largest absolute Gasteiger partial charge is 0.478 e. The van der Waals surface area contributed by atoms with Gasteiger partial charge in [0.2, 0.25) is 0 Å². The predicted molar refractivity (Wildman–Crippen MR) is 45.4 cm³/mol. The first-order valence-electron chi connectivity index (χ1n) is 3.39. The smallest absolute Gasteiger partial charge is 0.327 e. The van der Waals surface area contributed by atoms with E-state index >= 15 is 0 Å². The quantitative estimate of drug-likeness (QED) is 0.393. The van der Waals surface area contributed by atoms with E-state index < -0.39 is 5.97 Å². The molecule has 4 heteroatoms. The fourth-order valence-corrected chi connectivity index (χ4v) is 0.279. The highest BCUT2D eigenvalue weighted by Crippen LogP contribution is 1.63. The second kappa shape index (κ2) is 11.9. The first-order chi connectivity index (χ1) is 5.18. The number of rotatable bonds is 4. The Hall–Kier alpha value is -0.870. The summed E-state index contributed by atoms with van der Waals surface area (Å²) in [6, 6.07) is 0. The molecule has 0 aliphatic heterocycles. The van der Waals surface area contributed by atoms with E-state index in [0.29, 0.717) is 0 Å². The Bertz CT molecular complexity index is 101. The fraction of sp³-hybridized carbons (Fsp3) is 0.571. The number of hydrogen-bond acceptors (Lipinski definition) is 3. The topological polar surface area (TPSA) is 75.3 Å². The van der Waals surface area contributed by atoms with Crippen molar-refractivity contribution < 1.29 is 9.90 Å². The molecule has 0 aliphatic rings. The van der Waals surface area contributed by atoms with E-state index in [1.165, 1.54) is 0 Å². The van der Waals surface area contributed by atoms with Crippen LogP contribution in [-0.2, 0) is 4.79 Å². The number of carbonyl (C=O) groups is 1. The molecule has 0 aromatic carbocycles. The Morgan fingerprint density at radius 2 is 2.27 bits per heavy atom. The van der Waals surface area contributed by atoms with Crippen LogP contribution >= 0.6 is 0 Å². The van der Waals surface area contributed by atoms with Crippen LogP contribution in [-0.4, -0.2) is 31.2 Å². The molecule has 0 saturated carbocycles. The van der Waals surface area contributed by atoms with Gasteiger partial charge in [-0.05, 0) is 26.6 Å². The van der Waals surface area contributed by atoms with E-state index in [4.69, 9.17) is 10.8 Å². The van der Waals surface area contributed by atoms with Crippen molar-refractivity contribution in [1.82, 2.24) is 5.32 Å². The molecular formula is C7H16N2O2. The molecule has 11 heavy (non-hydrogen) atoms. The highest BCUT2D eigenvalue weighted by atomic mass is 16.4. The van der Waals surface area contributed by atoms with Crippen molar-refractivity contribution in [3.63, 3.8) is 0 Å². The first kappa shape index (κ1) is 12.8. The zero-order valence-electron chi connectivity index (χ0n) is 6.84. The highest BCUT2D eigenvalue weighted by Gasteiger charge is 1.73. The highest BCUT2D eigenvalue weighted by molar-refractivity contribution is 5.78. The predicted octanol–water partition coefficient (Wildman–Crippen LogP) is -0.188. The summed E-state index contributed by atoms with van der Waals surface area (Å²) in [4.78, 5) is 9.25. The van der Waals surface area contributed by atoms with E-state index in [9.17, 15) is 4.79 Å². The van der Waals surface area contributed by atoms with Gasteiger partial charge in [0.05, 0.1) is 0 Å². The lowest BCUT2D eigenvalue weighted by Crippen LogP contribution is -2.12. The van der Waals surface area contributed by atoms with E-state index in [-0.39, 0.29) is 0 Å². The Morgan fingerprint density at radius 1 is 1.82 bits per heavy atom. The number of carboxylic acid groups (broad SMARTS) is 1. The van der Waals surface area contributed by atoms with Crippen molar-refractivity contribution in [2.24, 2.45) is 5.73 Å². The Morgan fingerprint density at radius 3 is 2.36 bits per heavy atom. The third-order valence-electron chi connectivity index (χ3n) is 0.806. The zero-order valence-corrected chi connectivity index (χ0v) is 6.84. The Balaban J connectivity index is 0. The van der Waals surface area contributed by atoms with Crippen LogP contribution in [0, 0.1) is 0 Å². The van der Waals surface area contributed by atoms with Gasteiger partial charge in [-0.25, -0.2) is 4.79 Å². The van der Waals surface area contributed by atoms with Gasteiger partial charge in [0.15, 0.2) is 0 Å². The second-order valence-corrected chi connectivity index (χ2v) is 1.79. The van der Waals surface area contributed by atoms with Crippen molar-refractivity contribution in [2.75, 3.05) is 20.1 Å². The average molecular weight is 160 g/mol. The molecule has 0 spiro atoms. The molecule has 0 fully saturated rings. The van der Waals surface area contributed by atoms with Gasteiger partial charge < -0.3 is 16.2 Å². The molecule has 0 aliphatic carbocycles. The van der Waals surface area contributed by atoms with E-state index in [1.807, 2.05) is 7.05 Å². The van der Waals surface area contributed by atoms with Crippen LogP contribution in [0.3, 0.4) is 0 Å². The van der Waals surface area contributed by atoms with Gasteiger partial charge in [-0.1, -0.05) is 6.58 Å². The average Bonchev–Trinajstić information content (AvgIpc) is 2.02. The third-order valence-corrected chi connectivity index (χ3v) is 0.806. The number of nitrogens with one attached hydrogen (secondary N) is 1. The van der Waals surface area contributed by atoms with E-state index in [0.717, 1.165) is 25.6 Å². The van der Waals surface area contributed by atoms with Crippen LogP contribution in [0.1, 0.15) is 6.42 Å². The molecular weight excluding hydrogens is 144 g/mol. The SMILES string of the molecule is C=CC(=O)O.CNCCCN.